The number of rotatable bonds is 6. The van der Waals surface area contributed by atoms with E-state index in [2.05, 4.69) is 26.0 Å². The van der Waals surface area contributed by atoms with E-state index in [-0.39, 0.29) is 12.0 Å². The third-order valence-electron chi connectivity index (χ3n) is 5.22. The maximum Gasteiger partial charge on any atom is 0.272 e. The molecule has 0 spiro atoms. The highest BCUT2D eigenvalue weighted by molar-refractivity contribution is 9.10. The first-order valence-electron chi connectivity index (χ1n) is 9.83. The van der Waals surface area contributed by atoms with E-state index in [9.17, 15) is 4.79 Å². The average molecular weight is 487 g/mol. The van der Waals surface area contributed by atoms with Gasteiger partial charge in [0.05, 0.1) is 30.9 Å². The van der Waals surface area contributed by atoms with Gasteiger partial charge in [0.2, 0.25) is 5.88 Å². The highest BCUT2D eigenvalue weighted by Crippen LogP contribution is 2.33. The standard InChI is InChI=1S/C22H23BrN4O4/c1-26-19(12-18(25-26)16-11-14(29-2)6-7-20(16)30-3)22(28)27-10-8-15(13-27)31-21-17(23)5-4-9-24-21/h4-7,9,11-12,15H,8,10,13H2,1-3H3. The lowest BCUT2D eigenvalue weighted by molar-refractivity contribution is 0.0760. The Morgan fingerprint density at radius 1 is 1.19 bits per heavy atom. The minimum Gasteiger partial charge on any atom is -0.497 e. The summed E-state index contributed by atoms with van der Waals surface area (Å²) in [4.78, 5) is 19.2. The van der Waals surface area contributed by atoms with E-state index in [4.69, 9.17) is 14.2 Å². The van der Waals surface area contributed by atoms with Gasteiger partial charge in [-0.3, -0.25) is 9.48 Å². The molecule has 1 unspecified atom stereocenters. The Kier molecular flexibility index (Phi) is 6.13. The number of carbonyl (C=O) groups is 1. The molecule has 3 heterocycles. The third-order valence-corrected chi connectivity index (χ3v) is 5.82. The molecule has 162 valence electrons. The second-order valence-corrected chi connectivity index (χ2v) is 8.03. The van der Waals surface area contributed by atoms with Crippen molar-refractivity contribution in [3.05, 3.63) is 52.8 Å². The fourth-order valence-electron chi connectivity index (χ4n) is 3.60. The van der Waals surface area contributed by atoms with E-state index < -0.39 is 0 Å². The number of pyridine rings is 1. The van der Waals surface area contributed by atoms with Gasteiger partial charge >= 0.3 is 0 Å². The number of likely N-dealkylation sites (tertiary alicyclic amines) is 1. The zero-order chi connectivity index (χ0) is 22.0. The molecule has 0 saturated carbocycles. The highest BCUT2D eigenvalue weighted by atomic mass is 79.9. The quantitative estimate of drug-likeness (QED) is 0.529. The lowest BCUT2D eigenvalue weighted by Crippen LogP contribution is -2.32. The third kappa shape index (κ3) is 4.36. The molecular formula is C22H23BrN4O4. The van der Waals surface area contributed by atoms with Crippen LogP contribution in [0.3, 0.4) is 0 Å². The summed E-state index contributed by atoms with van der Waals surface area (Å²) >= 11 is 3.44. The summed E-state index contributed by atoms with van der Waals surface area (Å²) in [5.41, 5.74) is 1.91. The van der Waals surface area contributed by atoms with Crippen LogP contribution in [0.4, 0.5) is 0 Å². The lowest BCUT2D eigenvalue weighted by atomic mass is 10.1. The van der Waals surface area contributed by atoms with Gasteiger partial charge < -0.3 is 19.1 Å². The molecule has 1 atom stereocenters. The van der Waals surface area contributed by atoms with E-state index in [0.29, 0.717) is 41.9 Å². The van der Waals surface area contributed by atoms with Crippen LogP contribution >= 0.6 is 15.9 Å². The molecule has 1 saturated heterocycles. The van der Waals surface area contributed by atoms with Crippen LogP contribution in [-0.4, -0.2) is 59.0 Å². The monoisotopic (exact) mass is 486 g/mol. The van der Waals surface area contributed by atoms with E-state index in [1.165, 1.54) is 0 Å². The molecular weight excluding hydrogens is 464 g/mol. The molecule has 1 amide bonds. The van der Waals surface area contributed by atoms with Crippen molar-refractivity contribution in [2.75, 3.05) is 27.3 Å². The van der Waals surface area contributed by atoms with Crippen molar-refractivity contribution < 1.29 is 19.0 Å². The maximum atomic E-state index is 13.2. The van der Waals surface area contributed by atoms with E-state index in [0.717, 1.165) is 16.5 Å². The van der Waals surface area contributed by atoms with Crippen molar-refractivity contribution in [2.24, 2.45) is 7.05 Å². The topological polar surface area (TPSA) is 78.7 Å². The van der Waals surface area contributed by atoms with Crippen molar-refractivity contribution in [3.63, 3.8) is 0 Å². The molecule has 0 bridgehead atoms. The molecule has 31 heavy (non-hydrogen) atoms. The number of benzene rings is 1. The van der Waals surface area contributed by atoms with Gasteiger partial charge in [-0.05, 0) is 52.3 Å². The summed E-state index contributed by atoms with van der Waals surface area (Å²) in [5.74, 6) is 1.80. The predicted molar refractivity (Wildman–Crippen MR) is 119 cm³/mol. The molecule has 4 rings (SSSR count). The van der Waals surface area contributed by atoms with Crippen LogP contribution in [0, 0.1) is 0 Å². The van der Waals surface area contributed by atoms with Gasteiger partial charge in [-0.15, -0.1) is 0 Å². The highest BCUT2D eigenvalue weighted by Gasteiger charge is 2.31. The van der Waals surface area contributed by atoms with Gasteiger partial charge in [0.25, 0.3) is 5.91 Å². The van der Waals surface area contributed by atoms with Crippen molar-refractivity contribution in [1.29, 1.82) is 0 Å². The summed E-state index contributed by atoms with van der Waals surface area (Å²) in [5, 5.41) is 4.54. The van der Waals surface area contributed by atoms with Crippen LogP contribution in [0.1, 0.15) is 16.9 Å². The zero-order valence-corrected chi connectivity index (χ0v) is 19.1. The lowest BCUT2D eigenvalue weighted by Gasteiger charge is -2.17. The van der Waals surface area contributed by atoms with Gasteiger partial charge in [0.15, 0.2) is 0 Å². The molecule has 1 aliphatic heterocycles. The number of hydrogen-bond donors (Lipinski definition) is 0. The number of carbonyl (C=O) groups excluding carboxylic acids is 1. The molecule has 0 N–H and O–H groups in total. The van der Waals surface area contributed by atoms with Crippen molar-refractivity contribution in [2.45, 2.75) is 12.5 Å². The van der Waals surface area contributed by atoms with Gasteiger partial charge in [0.1, 0.15) is 23.3 Å². The number of aryl methyl sites for hydroxylation is 1. The van der Waals surface area contributed by atoms with Gasteiger partial charge in [-0.25, -0.2) is 4.98 Å². The molecule has 3 aromatic rings. The van der Waals surface area contributed by atoms with Gasteiger partial charge in [-0.1, -0.05) is 0 Å². The van der Waals surface area contributed by atoms with Crippen LogP contribution in [0.5, 0.6) is 17.4 Å². The molecule has 2 aromatic heterocycles. The first kappa shape index (κ1) is 21.2. The first-order chi connectivity index (χ1) is 15.0. The number of aromatic nitrogens is 3. The van der Waals surface area contributed by atoms with Crippen molar-refractivity contribution >= 4 is 21.8 Å². The number of nitrogens with zero attached hydrogens (tertiary/aromatic N) is 4. The molecule has 9 heteroatoms. The molecule has 1 fully saturated rings. The normalized spacial score (nSPS) is 15.7. The number of ether oxygens (including phenoxy) is 3. The number of methoxy groups -OCH3 is 2. The Morgan fingerprint density at radius 2 is 2.03 bits per heavy atom. The second kappa shape index (κ2) is 8.97. The van der Waals surface area contributed by atoms with Crippen LogP contribution in [0.15, 0.2) is 47.1 Å². The largest absolute Gasteiger partial charge is 0.497 e. The number of hydrogen-bond acceptors (Lipinski definition) is 6. The summed E-state index contributed by atoms with van der Waals surface area (Å²) in [6.07, 6.45) is 2.31. The summed E-state index contributed by atoms with van der Waals surface area (Å²) in [7, 11) is 4.97. The molecule has 0 radical (unpaired) electrons. The zero-order valence-electron chi connectivity index (χ0n) is 17.5. The fraction of sp³-hybridized carbons (Fsp3) is 0.318. The molecule has 1 aliphatic rings. The summed E-state index contributed by atoms with van der Waals surface area (Å²) < 4.78 is 19.2. The predicted octanol–water partition coefficient (Wildman–Crippen LogP) is 3.56. The van der Waals surface area contributed by atoms with Crippen LogP contribution in [-0.2, 0) is 7.05 Å². The van der Waals surface area contributed by atoms with Crippen molar-refractivity contribution in [1.82, 2.24) is 19.7 Å². The van der Waals surface area contributed by atoms with Gasteiger partial charge in [0, 0.05) is 31.8 Å². The SMILES string of the molecule is COc1ccc(OC)c(-c2cc(C(=O)N3CCC(Oc4ncccc4Br)C3)n(C)n2)c1. The minimum absolute atomic E-state index is 0.0886. The van der Waals surface area contributed by atoms with Crippen molar-refractivity contribution in [3.8, 4) is 28.6 Å². The number of halogens is 1. The van der Waals surface area contributed by atoms with E-state index in [1.807, 2.05) is 30.3 Å². The summed E-state index contributed by atoms with van der Waals surface area (Å²) in [6, 6.07) is 11.0. The molecule has 1 aromatic carbocycles. The first-order valence-corrected chi connectivity index (χ1v) is 10.6. The summed E-state index contributed by atoms with van der Waals surface area (Å²) in [6.45, 7) is 1.10. The van der Waals surface area contributed by atoms with Crippen LogP contribution in [0.25, 0.3) is 11.3 Å². The Bertz CT molecular complexity index is 1100. The maximum absolute atomic E-state index is 13.2. The van der Waals surface area contributed by atoms with Crippen LogP contribution in [0.2, 0.25) is 0 Å². The van der Waals surface area contributed by atoms with Crippen LogP contribution < -0.4 is 14.2 Å². The second-order valence-electron chi connectivity index (χ2n) is 7.17. The number of amides is 1. The van der Waals surface area contributed by atoms with Gasteiger partial charge in [-0.2, -0.15) is 5.10 Å². The fourth-order valence-corrected chi connectivity index (χ4v) is 3.95. The average Bonchev–Trinajstić information content (AvgIpc) is 3.41. The molecule has 0 aliphatic carbocycles. The Morgan fingerprint density at radius 3 is 2.77 bits per heavy atom. The Hall–Kier alpha value is -3.07. The minimum atomic E-state index is -0.110. The molecule has 8 nitrogen and oxygen atoms in total. The van der Waals surface area contributed by atoms with E-state index >= 15 is 0 Å². The Balaban J connectivity index is 1.52. The smallest absolute Gasteiger partial charge is 0.272 e. The Labute approximate surface area is 188 Å². The van der Waals surface area contributed by atoms with E-state index in [1.54, 1.807) is 43.1 Å².